The fraction of sp³-hybridized carbons (Fsp3) is 0.515. The fourth-order valence-electron chi connectivity index (χ4n) is 5.82. The number of anilines is 1. The number of methoxy groups -OCH3 is 1. The second kappa shape index (κ2) is 14.4. The highest BCUT2D eigenvalue weighted by Crippen LogP contribution is 2.40. The minimum atomic E-state index is -0.913. The van der Waals surface area contributed by atoms with Gasteiger partial charge >= 0.3 is 11.9 Å². The third-order valence-electron chi connectivity index (χ3n) is 7.73. The van der Waals surface area contributed by atoms with E-state index in [1.54, 1.807) is 42.0 Å². The van der Waals surface area contributed by atoms with E-state index in [-0.39, 0.29) is 50.0 Å². The lowest BCUT2D eigenvalue weighted by molar-refractivity contribution is -0.161. The van der Waals surface area contributed by atoms with E-state index in [1.807, 2.05) is 45.0 Å². The van der Waals surface area contributed by atoms with Gasteiger partial charge in [0.15, 0.2) is 0 Å². The number of piperidine rings is 1. The Balaban J connectivity index is 1.76. The standard InChI is InChI=1S/C33H42ClN3O7/c1-6-43-32(41)31(40)35-15-9-10-23(20-35)36-16-17-44-30(24-11-7-8-12-27(24)42-5)25-18-22(34)13-14-26(25)37(21-33(2,3)4)29(39)19-28(36)38/h7-8,11-14,18,23,30H,6,9-10,15-17,19-21H2,1-5H3. The van der Waals surface area contributed by atoms with Gasteiger partial charge in [-0.1, -0.05) is 50.6 Å². The molecule has 1 saturated heterocycles. The van der Waals surface area contributed by atoms with Crippen molar-refractivity contribution >= 4 is 41.0 Å². The molecule has 238 valence electrons. The van der Waals surface area contributed by atoms with Crippen molar-refractivity contribution in [3.05, 3.63) is 58.6 Å². The average molecular weight is 628 g/mol. The van der Waals surface area contributed by atoms with Crippen LogP contribution in [0.15, 0.2) is 42.5 Å². The maximum atomic E-state index is 14.1. The number of fused-ring (bicyclic) bond motifs is 1. The Morgan fingerprint density at radius 1 is 1.05 bits per heavy atom. The Hall–Kier alpha value is -3.63. The summed E-state index contributed by atoms with van der Waals surface area (Å²) in [4.78, 5) is 57.6. The maximum absolute atomic E-state index is 14.1. The van der Waals surface area contributed by atoms with Crippen LogP contribution in [0.2, 0.25) is 5.02 Å². The van der Waals surface area contributed by atoms with E-state index in [2.05, 4.69) is 0 Å². The first-order valence-electron chi connectivity index (χ1n) is 15.0. The first-order valence-corrected chi connectivity index (χ1v) is 15.4. The number of carbonyl (C=O) groups is 4. The summed E-state index contributed by atoms with van der Waals surface area (Å²) in [6, 6.07) is 12.4. The summed E-state index contributed by atoms with van der Waals surface area (Å²) < 4.78 is 17.2. The number of para-hydroxylation sites is 1. The quantitative estimate of drug-likeness (QED) is 0.271. The summed E-state index contributed by atoms with van der Waals surface area (Å²) in [7, 11) is 1.59. The van der Waals surface area contributed by atoms with Gasteiger partial charge in [0, 0.05) is 54.1 Å². The Kier molecular flexibility index (Phi) is 10.9. The Morgan fingerprint density at radius 3 is 2.50 bits per heavy atom. The molecule has 2 heterocycles. The third-order valence-corrected chi connectivity index (χ3v) is 7.97. The predicted molar refractivity (Wildman–Crippen MR) is 167 cm³/mol. The Morgan fingerprint density at radius 2 is 1.80 bits per heavy atom. The SMILES string of the molecule is CCOC(=O)C(=O)N1CCCC(N2CCOC(c3ccccc3OC)c3cc(Cl)ccc3N(CC(C)(C)C)C(=O)CC2=O)C1. The molecule has 2 aliphatic rings. The number of halogens is 1. The van der Waals surface area contributed by atoms with Crippen LogP contribution >= 0.6 is 11.6 Å². The van der Waals surface area contributed by atoms with Crippen molar-refractivity contribution < 1.29 is 33.4 Å². The zero-order valence-corrected chi connectivity index (χ0v) is 26.9. The number of likely N-dealkylation sites (tertiary alicyclic amines) is 1. The second-order valence-corrected chi connectivity index (χ2v) is 12.7. The summed E-state index contributed by atoms with van der Waals surface area (Å²) in [5, 5.41) is 0.483. The molecule has 4 rings (SSSR count). The number of amides is 3. The number of rotatable bonds is 5. The maximum Gasteiger partial charge on any atom is 0.397 e. The van der Waals surface area contributed by atoms with Crippen molar-refractivity contribution in [3.63, 3.8) is 0 Å². The molecule has 1 fully saturated rings. The number of carbonyl (C=O) groups excluding carboxylic acids is 4. The van der Waals surface area contributed by atoms with Crippen molar-refractivity contribution in [1.29, 1.82) is 0 Å². The molecule has 2 aliphatic heterocycles. The molecule has 0 saturated carbocycles. The van der Waals surface area contributed by atoms with E-state index in [1.165, 1.54) is 4.90 Å². The largest absolute Gasteiger partial charge is 0.496 e. The lowest BCUT2D eigenvalue weighted by Crippen LogP contribution is -2.54. The summed E-state index contributed by atoms with van der Waals surface area (Å²) in [5.74, 6) is -1.74. The molecule has 3 amide bonds. The van der Waals surface area contributed by atoms with Crippen LogP contribution in [0.3, 0.4) is 0 Å². The molecular formula is C33H42ClN3O7. The molecular weight excluding hydrogens is 586 g/mol. The minimum absolute atomic E-state index is 0.0952. The van der Waals surface area contributed by atoms with Crippen LogP contribution in [0.25, 0.3) is 0 Å². The van der Waals surface area contributed by atoms with E-state index in [4.69, 9.17) is 25.8 Å². The van der Waals surface area contributed by atoms with E-state index in [0.717, 1.165) is 5.56 Å². The topological polar surface area (TPSA) is 106 Å². The van der Waals surface area contributed by atoms with Gasteiger partial charge in [0.25, 0.3) is 0 Å². The predicted octanol–water partition coefficient (Wildman–Crippen LogP) is 4.62. The smallest absolute Gasteiger partial charge is 0.397 e. The van der Waals surface area contributed by atoms with Gasteiger partial charge in [-0.3, -0.25) is 14.4 Å². The van der Waals surface area contributed by atoms with Gasteiger partial charge in [0.05, 0.1) is 20.3 Å². The van der Waals surface area contributed by atoms with E-state index >= 15 is 0 Å². The van der Waals surface area contributed by atoms with Crippen LogP contribution < -0.4 is 9.64 Å². The number of esters is 1. The van der Waals surface area contributed by atoms with Crippen molar-refractivity contribution in [1.82, 2.24) is 9.80 Å². The van der Waals surface area contributed by atoms with Crippen LogP contribution in [0.5, 0.6) is 5.75 Å². The number of nitrogens with zero attached hydrogens (tertiary/aromatic N) is 3. The number of hydrogen-bond donors (Lipinski definition) is 0. The monoisotopic (exact) mass is 627 g/mol. The molecule has 0 radical (unpaired) electrons. The number of ether oxygens (including phenoxy) is 3. The second-order valence-electron chi connectivity index (χ2n) is 12.3. The normalized spacial score (nSPS) is 20.1. The number of benzene rings is 2. The molecule has 0 aliphatic carbocycles. The average Bonchev–Trinajstić information content (AvgIpc) is 3.00. The Labute approximate surface area is 264 Å². The first-order chi connectivity index (χ1) is 20.9. The van der Waals surface area contributed by atoms with Crippen molar-refractivity contribution in [2.75, 3.05) is 51.4 Å². The molecule has 2 unspecified atom stereocenters. The summed E-state index contributed by atoms with van der Waals surface area (Å²) >= 11 is 6.53. The van der Waals surface area contributed by atoms with E-state index in [9.17, 15) is 19.2 Å². The van der Waals surface area contributed by atoms with Gasteiger partial charge in [-0.15, -0.1) is 0 Å². The minimum Gasteiger partial charge on any atom is -0.496 e. The molecule has 0 aromatic heterocycles. The zero-order chi connectivity index (χ0) is 32.0. The lowest BCUT2D eigenvalue weighted by Gasteiger charge is -2.39. The molecule has 10 nitrogen and oxygen atoms in total. The van der Waals surface area contributed by atoms with Crippen molar-refractivity contribution in [3.8, 4) is 5.75 Å². The third kappa shape index (κ3) is 7.90. The Bertz CT molecular complexity index is 1380. The zero-order valence-electron chi connectivity index (χ0n) is 26.1. The van der Waals surface area contributed by atoms with Crippen molar-refractivity contribution in [2.24, 2.45) is 5.41 Å². The van der Waals surface area contributed by atoms with Crippen LogP contribution in [0.1, 0.15) is 64.2 Å². The molecule has 44 heavy (non-hydrogen) atoms. The van der Waals surface area contributed by atoms with Gasteiger partial charge in [-0.25, -0.2) is 4.79 Å². The van der Waals surface area contributed by atoms with Gasteiger partial charge in [0.2, 0.25) is 11.8 Å². The molecule has 0 bridgehead atoms. The number of hydrogen-bond acceptors (Lipinski definition) is 7. The molecule has 2 atom stereocenters. The van der Waals surface area contributed by atoms with E-state index < -0.39 is 24.0 Å². The van der Waals surface area contributed by atoms with Crippen LogP contribution in [0.4, 0.5) is 5.69 Å². The molecule has 2 aromatic carbocycles. The van der Waals surface area contributed by atoms with Crippen molar-refractivity contribution in [2.45, 2.75) is 59.1 Å². The van der Waals surface area contributed by atoms with Gasteiger partial charge in [-0.2, -0.15) is 0 Å². The molecule has 2 aromatic rings. The summed E-state index contributed by atoms with van der Waals surface area (Å²) in [6.45, 7) is 9.03. The van der Waals surface area contributed by atoms with Gasteiger partial charge < -0.3 is 28.9 Å². The van der Waals surface area contributed by atoms with E-state index in [0.29, 0.717) is 48.0 Å². The fourth-order valence-corrected chi connectivity index (χ4v) is 6.00. The lowest BCUT2D eigenvalue weighted by atomic mass is 9.93. The summed E-state index contributed by atoms with van der Waals surface area (Å²) in [5.41, 5.74) is 1.75. The molecule has 0 spiro atoms. The highest BCUT2D eigenvalue weighted by Gasteiger charge is 2.37. The van der Waals surface area contributed by atoms with Gasteiger partial charge in [0.1, 0.15) is 18.3 Å². The highest BCUT2D eigenvalue weighted by molar-refractivity contribution is 6.32. The van der Waals surface area contributed by atoms with Gasteiger partial charge in [-0.05, 0) is 49.4 Å². The van der Waals surface area contributed by atoms with Crippen LogP contribution in [0, 0.1) is 5.41 Å². The first kappa shape index (κ1) is 33.3. The highest BCUT2D eigenvalue weighted by atomic mass is 35.5. The van der Waals surface area contributed by atoms with Crippen LogP contribution in [-0.4, -0.2) is 86.0 Å². The van der Waals surface area contributed by atoms with Crippen LogP contribution in [-0.2, 0) is 28.7 Å². The summed E-state index contributed by atoms with van der Waals surface area (Å²) in [6.07, 6.45) is 0.181. The molecule has 0 N–H and O–H groups in total. The molecule has 11 heteroatoms.